The van der Waals surface area contributed by atoms with E-state index in [4.69, 9.17) is 16.3 Å². The Bertz CT molecular complexity index is 606. The highest BCUT2D eigenvalue weighted by molar-refractivity contribution is 7.90. The molecule has 118 valence electrons. The number of anilines is 1. The van der Waals surface area contributed by atoms with Crippen LogP contribution in [0.25, 0.3) is 0 Å². The summed E-state index contributed by atoms with van der Waals surface area (Å²) in [5, 5.41) is 0.237. The van der Waals surface area contributed by atoms with Gasteiger partial charge in [-0.05, 0) is 12.1 Å². The van der Waals surface area contributed by atoms with Crippen molar-refractivity contribution in [3.63, 3.8) is 0 Å². The number of halogens is 1. The molecule has 0 radical (unpaired) electrons. The van der Waals surface area contributed by atoms with Gasteiger partial charge in [0, 0.05) is 19.7 Å². The fourth-order valence-corrected chi connectivity index (χ4v) is 2.55. The van der Waals surface area contributed by atoms with E-state index < -0.39 is 16.2 Å². The zero-order valence-corrected chi connectivity index (χ0v) is 13.5. The molecule has 0 aliphatic heterocycles. The van der Waals surface area contributed by atoms with E-state index in [1.54, 1.807) is 6.07 Å². The molecule has 0 unspecified atom stereocenters. The van der Waals surface area contributed by atoms with Gasteiger partial charge in [0.15, 0.2) is 0 Å². The predicted molar refractivity (Wildman–Crippen MR) is 79.8 cm³/mol. The summed E-state index contributed by atoms with van der Waals surface area (Å²) in [5.74, 6) is -0.0224. The predicted octanol–water partition coefficient (Wildman–Crippen LogP) is 1.50. The third kappa shape index (κ3) is 5.07. The van der Waals surface area contributed by atoms with E-state index in [1.807, 2.05) is 0 Å². The number of ether oxygens (including phenoxy) is 2. The first kappa shape index (κ1) is 17.5. The molecule has 1 aromatic carbocycles. The molecular weight excluding hydrogens is 320 g/mol. The van der Waals surface area contributed by atoms with Gasteiger partial charge in [-0.1, -0.05) is 11.6 Å². The smallest absolute Gasteiger partial charge is 0.306 e. The van der Waals surface area contributed by atoms with Crippen LogP contribution in [0.2, 0.25) is 5.02 Å². The number of nitrogens with one attached hydrogen (secondary N) is 1. The largest absolute Gasteiger partial charge is 0.497 e. The van der Waals surface area contributed by atoms with Crippen molar-refractivity contribution in [2.75, 3.05) is 32.5 Å². The molecule has 0 saturated heterocycles. The highest BCUT2D eigenvalue weighted by atomic mass is 35.5. The van der Waals surface area contributed by atoms with Crippen LogP contribution in [0.3, 0.4) is 0 Å². The van der Waals surface area contributed by atoms with Crippen molar-refractivity contribution in [2.24, 2.45) is 0 Å². The van der Waals surface area contributed by atoms with Crippen molar-refractivity contribution < 1.29 is 22.7 Å². The molecule has 1 aromatic rings. The molecule has 0 heterocycles. The van der Waals surface area contributed by atoms with Crippen molar-refractivity contribution >= 4 is 33.5 Å². The van der Waals surface area contributed by atoms with Crippen molar-refractivity contribution in [1.82, 2.24) is 4.31 Å². The van der Waals surface area contributed by atoms with Gasteiger partial charge in [-0.3, -0.25) is 9.52 Å². The standard InChI is InChI=1S/C12H17ClN2O5S/c1-15(7-6-12(16)20-3)21(17,18)14-11-8-9(19-2)4-5-10(11)13/h4-5,8,14H,6-7H2,1-3H3. The molecule has 0 fully saturated rings. The molecule has 0 aliphatic rings. The highest BCUT2D eigenvalue weighted by Gasteiger charge is 2.20. The van der Waals surface area contributed by atoms with Crippen LogP contribution >= 0.6 is 11.6 Å². The Labute approximate surface area is 129 Å². The van der Waals surface area contributed by atoms with Gasteiger partial charge in [-0.15, -0.1) is 0 Å². The number of carbonyl (C=O) groups is 1. The van der Waals surface area contributed by atoms with E-state index >= 15 is 0 Å². The average molecular weight is 337 g/mol. The lowest BCUT2D eigenvalue weighted by Crippen LogP contribution is -2.34. The Kier molecular flexibility index (Phi) is 6.25. The molecule has 0 bridgehead atoms. The number of hydrogen-bond donors (Lipinski definition) is 1. The van der Waals surface area contributed by atoms with E-state index in [-0.39, 0.29) is 23.7 Å². The van der Waals surface area contributed by atoms with Gasteiger partial charge in [-0.2, -0.15) is 12.7 Å². The van der Waals surface area contributed by atoms with Gasteiger partial charge in [0.1, 0.15) is 5.75 Å². The molecule has 0 amide bonds. The molecule has 0 aromatic heterocycles. The van der Waals surface area contributed by atoms with Crippen LogP contribution in [0.15, 0.2) is 18.2 Å². The van der Waals surface area contributed by atoms with Crippen molar-refractivity contribution in [3.05, 3.63) is 23.2 Å². The van der Waals surface area contributed by atoms with Gasteiger partial charge in [0.2, 0.25) is 0 Å². The van der Waals surface area contributed by atoms with Gasteiger partial charge < -0.3 is 9.47 Å². The summed E-state index contributed by atoms with van der Waals surface area (Å²) in [5.41, 5.74) is 0.195. The first-order chi connectivity index (χ1) is 9.80. The van der Waals surface area contributed by atoms with Crippen LogP contribution in [0.5, 0.6) is 5.75 Å². The van der Waals surface area contributed by atoms with E-state index in [0.717, 1.165) is 4.31 Å². The SMILES string of the molecule is COC(=O)CCN(C)S(=O)(=O)Nc1cc(OC)ccc1Cl. The second kappa shape index (κ2) is 7.48. The normalized spacial score (nSPS) is 11.3. The van der Waals surface area contributed by atoms with Crippen LogP contribution < -0.4 is 9.46 Å². The van der Waals surface area contributed by atoms with Crippen LogP contribution in [-0.2, 0) is 19.7 Å². The van der Waals surface area contributed by atoms with Gasteiger partial charge in [-0.25, -0.2) is 0 Å². The number of methoxy groups -OCH3 is 2. The van der Waals surface area contributed by atoms with Crippen LogP contribution in [0.4, 0.5) is 5.69 Å². The summed E-state index contributed by atoms with van der Waals surface area (Å²) in [4.78, 5) is 11.0. The lowest BCUT2D eigenvalue weighted by molar-refractivity contribution is -0.140. The van der Waals surface area contributed by atoms with E-state index in [0.29, 0.717) is 5.75 Å². The average Bonchev–Trinajstić information content (AvgIpc) is 2.46. The lowest BCUT2D eigenvalue weighted by Gasteiger charge is -2.18. The fraction of sp³-hybridized carbons (Fsp3) is 0.417. The first-order valence-electron chi connectivity index (χ1n) is 5.94. The second-order valence-corrected chi connectivity index (χ2v) is 6.29. The molecule has 0 atom stereocenters. The number of carbonyl (C=O) groups excluding carboxylic acids is 1. The summed E-state index contributed by atoms with van der Waals surface area (Å²) in [6, 6.07) is 4.60. The topological polar surface area (TPSA) is 84.9 Å². The Hall–Kier alpha value is -1.51. The summed E-state index contributed by atoms with van der Waals surface area (Å²) in [6.07, 6.45) is -0.0419. The Morgan fingerprint density at radius 2 is 2.05 bits per heavy atom. The third-order valence-electron chi connectivity index (χ3n) is 2.68. The Morgan fingerprint density at radius 1 is 1.38 bits per heavy atom. The number of rotatable bonds is 7. The molecule has 0 spiro atoms. The fourth-order valence-electron chi connectivity index (χ4n) is 1.40. The van der Waals surface area contributed by atoms with Gasteiger partial charge in [0.05, 0.1) is 31.4 Å². The Morgan fingerprint density at radius 3 is 2.62 bits per heavy atom. The molecule has 21 heavy (non-hydrogen) atoms. The molecule has 9 heteroatoms. The summed E-state index contributed by atoms with van der Waals surface area (Å²) in [7, 11) is 0.221. The maximum Gasteiger partial charge on any atom is 0.306 e. The zero-order chi connectivity index (χ0) is 16.0. The molecule has 1 N–H and O–H groups in total. The molecule has 0 saturated carbocycles. The lowest BCUT2D eigenvalue weighted by atomic mass is 10.3. The monoisotopic (exact) mass is 336 g/mol. The third-order valence-corrected chi connectivity index (χ3v) is 4.49. The van der Waals surface area contributed by atoms with Crippen molar-refractivity contribution in [3.8, 4) is 5.75 Å². The first-order valence-corrected chi connectivity index (χ1v) is 7.76. The van der Waals surface area contributed by atoms with Crippen LogP contribution in [0, 0.1) is 0 Å². The second-order valence-electron chi connectivity index (χ2n) is 4.10. The van der Waals surface area contributed by atoms with E-state index in [2.05, 4.69) is 9.46 Å². The molecule has 1 rings (SSSR count). The number of benzene rings is 1. The highest BCUT2D eigenvalue weighted by Crippen LogP contribution is 2.27. The Balaban J connectivity index is 2.82. The number of hydrogen-bond acceptors (Lipinski definition) is 5. The quantitative estimate of drug-likeness (QED) is 0.763. The summed E-state index contributed by atoms with van der Waals surface area (Å²) < 4.78 is 37.0. The summed E-state index contributed by atoms with van der Waals surface area (Å²) in [6.45, 7) is -0.0103. The minimum Gasteiger partial charge on any atom is -0.497 e. The molecule has 7 nitrogen and oxygen atoms in total. The van der Waals surface area contributed by atoms with E-state index in [1.165, 1.54) is 33.4 Å². The molecular formula is C12H17ClN2O5S. The van der Waals surface area contributed by atoms with Gasteiger partial charge >= 0.3 is 16.2 Å². The maximum absolute atomic E-state index is 12.1. The maximum atomic E-state index is 12.1. The summed E-state index contributed by atoms with van der Waals surface area (Å²) >= 11 is 5.94. The minimum absolute atomic E-state index is 0.0103. The molecule has 0 aliphatic carbocycles. The minimum atomic E-state index is -3.83. The number of esters is 1. The van der Waals surface area contributed by atoms with Crippen LogP contribution in [-0.4, -0.2) is 46.5 Å². The van der Waals surface area contributed by atoms with E-state index in [9.17, 15) is 13.2 Å². The number of nitrogens with zero attached hydrogens (tertiary/aromatic N) is 1. The van der Waals surface area contributed by atoms with Crippen LogP contribution in [0.1, 0.15) is 6.42 Å². The van der Waals surface area contributed by atoms with Crippen molar-refractivity contribution in [1.29, 1.82) is 0 Å². The zero-order valence-electron chi connectivity index (χ0n) is 11.9. The van der Waals surface area contributed by atoms with Crippen molar-refractivity contribution in [2.45, 2.75) is 6.42 Å². The van der Waals surface area contributed by atoms with Gasteiger partial charge in [0.25, 0.3) is 0 Å².